The van der Waals surface area contributed by atoms with E-state index < -0.39 is 0 Å². The first kappa shape index (κ1) is 22.0. The van der Waals surface area contributed by atoms with E-state index in [4.69, 9.17) is 46.4 Å². The maximum Gasteiger partial charge on any atom is 0.230 e. The van der Waals surface area contributed by atoms with Crippen LogP contribution >= 0.6 is 46.4 Å². The molecule has 2 heterocycles. The molecule has 0 saturated heterocycles. The Morgan fingerprint density at radius 2 is 1.76 bits per heavy atom. The van der Waals surface area contributed by atoms with Gasteiger partial charge in [0.15, 0.2) is 5.82 Å². The second kappa shape index (κ2) is 8.96. The summed E-state index contributed by atoms with van der Waals surface area (Å²) in [5, 5.41) is 13.5. The summed E-state index contributed by atoms with van der Waals surface area (Å²) < 4.78 is 3.30. The second-order valence-corrected chi connectivity index (χ2v) is 8.38. The topological polar surface area (TPSA) is 64.7 Å². The van der Waals surface area contributed by atoms with Gasteiger partial charge in [0.1, 0.15) is 5.02 Å². The van der Waals surface area contributed by atoms with Crippen molar-refractivity contribution in [2.75, 3.05) is 5.32 Å². The summed E-state index contributed by atoms with van der Waals surface area (Å²) in [5.74, 6) is -0.321. The Bertz CT molecular complexity index is 1040. The van der Waals surface area contributed by atoms with Crippen molar-refractivity contribution in [1.82, 2.24) is 19.6 Å². The van der Waals surface area contributed by atoms with Crippen LogP contribution in [0, 0.1) is 19.8 Å². The summed E-state index contributed by atoms with van der Waals surface area (Å²) in [6, 6.07) is 5.28. The van der Waals surface area contributed by atoms with Crippen molar-refractivity contribution >= 4 is 58.1 Å². The lowest BCUT2D eigenvalue weighted by molar-refractivity contribution is -0.119. The highest BCUT2D eigenvalue weighted by molar-refractivity contribution is 6.36. The minimum absolute atomic E-state index is 0.225. The number of carbonyl (C=O) groups is 1. The average molecular weight is 475 g/mol. The number of nitrogens with zero attached hydrogens (tertiary/aromatic N) is 4. The van der Waals surface area contributed by atoms with E-state index in [1.54, 1.807) is 40.7 Å². The average Bonchev–Trinajstić information content (AvgIpc) is 3.12. The van der Waals surface area contributed by atoms with E-state index in [2.05, 4.69) is 15.5 Å². The van der Waals surface area contributed by atoms with E-state index in [1.165, 1.54) is 0 Å². The lowest BCUT2D eigenvalue weighted by atomic mass is 10.1. The summed E-state index contributed by atoms with van der Waals surface area (Å²) in [6.07, 6.45) is 1.61. The molecular formula is C19H19Cl4N5O. The molecule has 2 aromatic heterocycles. The fraction of sp³-hybridized carbons (Fsp3) is 0.316. The standard InChI is InChI=1S/C19H19Cl4N5O/c1-10(7-28-12(3)17(23)11(2)25-28)19(29)24-18-16(22)9-27(26-18)8-13-14(20)5-4-6-15(13)21/h4-6,9-10H,7-8H2,1-3H3,(H,24,26,29). The Morgan fingerprint density at radius 3 is 2.34 bits per heavy atom. The Kier molecular flexibility index (Phi) is 6.79. The highest BCUT2D eigenvalue weighted by atomic mass is 35.5. The largest absolute Gasteiger partial charge is 0.308 e. The molecule has 0 aliphatic heterocycles. The number of hydrogen-bond acceptors (Lipinski definition) is 3. The zero-order valence-electron chi connectivity index (χ0n) is 16.0. The van der Waals surface area contributed by atoms with Crippen molar-refractivity contribution in [1.29, 1.82) is 0 Å². The van der Waals surface area contributed by atoms with Crippen LogP contribution in [0.25, 0.3) is 0 Å². The fourth-order valence-corrected chi connectivity index (χ4v) is 3.69. The van der Waals surface area contributed by atoms with Crippen molar-refractivity contribution < 1.29 is 4.79 Å². The maximum atomic E-state index is 12.6. The second-order valence-electron chi connectivity index (χ2n) is 6.78. The highest BCUT2D eigenvalue weighted by Crippen LogP contribution is 2.27. The quantitative estimate of drug-likeness (QED) is 0.503. The number of hydrogen-bond donors (Lipinski definition) is 1. The number of rotatable bonds is 6. The van der Waals surface area contributed by atoms with E-state index >= 15 is 0 Å². The van der Waals surface area contributed by atoms with Crippen LogP contribution in [0.1, 0.15) is 23.9 Å². The van der Waals surface area contributed by atoms with Gasteiger partial charge in [-0.25, -0.2) is 0 Å². The summed E-state index contributed by atoms with van der Waals surface area (Å²) in [7, 11) is 0. The normalized spacial score (nSPS) is 12.2. The summed E-state index contributed by atoms with van der Waals surface area (Å²) in [6.45, 7) is 6.21. The lowest BCUT2D eigenvalue weighted by Gasteiger charge is -2.12. The van der Waals surface area contributed by atoms with Gasteiger partial charge < -0.3 is 5.32 Å². The van der Waals surface area contributed by atoms with Crippen LogP contribution in [0.4, 0.5) is 5.82 Å². The molecule has 10 heteroatoms. The molecule has 3 aromatic rings. The third-order valence-electron chi connectivity index (χ3n) is 4.53. The van der Waals surface area contributed by atoms with Crippen molar-refractivity contribution in [2.24, 2.45) is 5.92 Å². The highest BCUT2D eigenvalue weighted by Gasteiger charge is 2.20. The van der Waals surface area contributed by atoms with E-state index in [9.17, 15) is 4.79 Å². The smallest absolute Gasteiger partial charge is 0.230 e. The summed E-state index contributed by atoms with van der Waals surface area (Å²) in [4.78, 5) is 12.6. The van der Waals surface area contributed by atoms with Crippen LogP contribution in [-0.2, 0) is 17.9 Å². The van der Waals surface area contributed by atoms with Crippen LogP contribution in [0.15, 0.2) is 24.4 Å². The lowest BCUT2D eigenvalue weighted by Crippen LogP contribution is -2.25. The van der Waals surface area contributed by atoms with Crippen LogP contribution < -0.4 is 5.32 Å². The summed E-state index contributed by atoms with van der Waals surface area (Å²) >= 11 is 24.8. The molecule has 1 aromatic carbocycles. The monoisotopic (exact) mass is 473 g/mol. The van der Waals surface area contributed by atoms with E-state index in [0.717, 1.165) is 17.0 Å². The van der Waals surface area contributed by atoms with Gasteiger partial charge in [0.05, 0.1) is 35.4 Å². The van der Waals surface area contributed by atoms with Gasteiger partial charge in [0.2, 0.25) is 5.91 Å². The number of benzene rings is 1. The van der Waals surface area contributed by atoms with Crippen molar-refractivity contribution in [2.45, 2.75) is 33.9 Å². The molecule has 6 nitrogen and oxygen atoms in total. The van der Waals surface area contributed by atoms with Crippen molar-refractivity contribution in [3.8, 4) is 0 Å². The molecule has 1 amide bonds. The molecule has 0 aliphatic carbocycles. The number of carbonyl (C=O) groups excluding carboxylic acids is 1. The Morgan fingerprint density at radius 1 is 1.10 bits per heavy atom. The molecule has 1 unspecified atom stereocenters. The zero-order chi connectivity index (χ0) is 21.3. The Hall–Kier alpha value is -1.73. The van der Waals surface area contributed by atoms with Crippen LogP contribution in [-0.4, -0.2) is 25.5 Å². The molecular weight excluding hydrogens is 456 g/mol. The van der Waals surface area contributed by atoms with Crippen molar-refractivity contribution in [3.63, 3.8) is 0 Å². The predicted molar refractivity (Wildman–Crippen MR) is 117 cm³/mol. The molecule has 0 fully saturated rings. The molecule has 0 radical (unpaired) electrons. The molecule has 1 atom stereocenters. The number of aryl methyl sites for hydroxylation is 1. The van der Waals surface area contributed by atoms with Gasteiger partial charge in [-0.15, -0.1) is 0 Å². The fourth-order valence-electron chi connectivity index (χ4n) is 2.84. The third kappa shape index (κ3) is 4.89. The minimum atomic E-state index is -0.372. The number of halogens is 4. The van der Waals surface area contributed by atoms with E-state index in [0.29, 0.717) is 33.2 Å². The van der Waals surface area contributed by atoms with E-state index in [-0.39, 0.29) is 17.6 Å². The van der Waals surface area contributed by atoms with Gasteiger partial charge in [-0.05, 0) is 26.0 Å². The van der Waals surface area contributed by atoms with Gasteiger partial charge >= 0.3 is 0 Å². The van der Waals surface area contributed by atoms with Crippen molar-refractivity contribution in [3.05, 3.63) is 61.4 Å². The molecule has 0 spiro atoms. The number of amides is 1. The zero-order valence-corrected chi connectivity index (χ0v) is 19.0. The third-order valence-corrected chi connectivity index (χ3v) is 6.06. The molecule has 29 heavy (non-hydrogen) atoms. The van der Waals surface area contributed by atoms with Gasteiger partial charge in [0.25, 0.3) is 0 Å². The predicted octanol–water partition coefficient (Wildman–Crippen LogP) is 5.63. The van der Waals surface area contributed by atoms with Gasteiger partial charge in [-0.2, -0.15) is 10.2 Å². The molecule has 0 aliphatic rings. The first-order valence-corrected chi connectivity index (χ1v) is 10.3. The summed E-state index contributed by atoms with van der Waals surface area (Å²) in [5.41, 5.74) is 2.28. The number of aromatic nitrogens is 4. The van der Waals surface area contributed by atoms with Crippen LogP contribution in [0.5, 0.6) is 0 Å². The Balaban J connectivity index is 1.70. The van der Waals surface area contributed by atoms with Crippen LogP contribution in [0.3, 0.4) is 0 Å². The molecule has 0 saturated carbocycles. The number of anilines is 1. The molecule has 3 rings (SSSR count). The van der Waals surface area contributed by atoms with E-state index in [1.807, 2.05) is 13.8 Å². The molecule has 1 N–H and O–H groups in total. The number of nitrogens with one attached hydrogen (secondary N) is 1. The molecule has 0 bridgehead atoms. The first-order valence-electron chi connectivity index (χ1n) is 8.83. The molecule has 154 valence electrons. The van der Waals surface area contributed by atoms with Gasteiger partial charge in [-0.3, -0.25) is 14.2 Å². The van der Waals surface area contributed by atoms with Crippen LogP contribution in [0.2, 0.25) is 20.1 Å². The maximum absolute atomic E-state index is 12.6. The Labute approximate surface area is 188 Å². The SMILES string of the molecule is Cc1nn(CC(C)C(=O)Nc2nn(Cc3c(Cl)cccc3Cl)cc2Cl)c(C)c1Cl. The van der Waals surface area contributed by atoms with Gasteiger partial charge in [-0.1, -0.05) is 59.4 Å². The van der Waals surface area contributed by atoms with Gasteiger partial charge in [0, 0.05) is 21.8 Å². The minimum Gasteiger partial charge on any atom is -0.308 e. The first-order chi connectivity index (χ1) is 13.7.